The zero-order chi connectivity index (χ0) is 15.4. The van der Waals surface area contributed by atoms with Crippen LogP contribution >= 0.6 is 0 Å². The fourth-order valence-electron chi connectivity index (χ4n) is 1.80. The molecule has 1 aromatic carbocycles. The topological polar surface area (TPSA) is 82.4 Å². The monoisotopic (exact) mass is 284 g/mol. The van der Waals surface area contributed by atoms with Crippen molar-refractivity contribution >= 4 is 18.0 Å². The maximum Gasteiger partial charge on any atom is 0.255 e. The highest BCUT2D eigenvalue weighted by molar-refractivity contribution is 6.02. The molecule has 0 aliphatic rings. The van der Waals surface area contributed by atoms with Crippen molar-refractivity contribution in [3.05, 3.63) is 64.7 Å². The lowest BCUT2D eigenvalue weighted by Gasteiger charge is -2.10. The van der Waals surface area contributed by atoms with Crippen molar-refractivity contribution in [3.8, 4) is 0 Å². The maximum absolute atomic E-state index is 12.0. The number of hydrogen-bond acceptors (Lipinski definition) is 4. The Bertz CT molecular complexity index is 713. The Kier molecular flexibility index (Phi) is 4.23. The minimum absolute atomic E-state index is 0.330. The summed E-state index contributed by atoms with van der Waals surface area (Å²) in [6, 6.07) is 10.1. The van der Waals surface area contributed by atoms with E-state index in [-0.39, 0.29) is 5.70 Å². The number of amides is 1. The van der Waals surface area contributed by atoms with E-state index in [1.807, 2.05) is 13.0 Å². The fraction of sp³-hybridized carbons (Fsp3) is 0.125. The van der Waals surface area contributed by atoms with Gasteiger partial charge in [-0.25, -0.2) is 0 Å². The number of furan rings is 1. The Hall–Kier alpha value is -2.82. The third kappa shape index (κ3) is 3.82. The number of nitrogens with one attached hydrogen (secondary N) is 1. The molecule has 0 radical (unpaired) electrons. The summed E-state index contributed by atoms with van der Waals surface area (Å²) in [7, 11) is 0. The van der Waals surface area contributed by atoms with Crippen molar-refractivity contribution in [1.29, 1.82) is 0 Å². The van der Waals surface area contributed by atoms with Gasteiger partial charge in [-0.05, 0) is 38.1 Å². The van der Waals surface area contributed by atoms with Crippen LogP contribution in [0.25, 0.3) is 6.08 Å². The molecule has 5 heteroatoms. The van der Waals surface area contributed by atoms with Crippen LogP contribution in [0.15, 0.2) is 46.5 Å². The molecular weight excluding hydrogens is 270 g/mol. The van der Waals surface area contributed by atoms with Gasteiger partial charge in [0.25, 0.3) is 5.91 Å². The SMILES string of the molecule is Cc1cccc(C(=O)N/C(=C\c2ccc(C)o2)C(=O)[O-])c1. The number of benzene rings is 1. The third-order valence-electron chi connectivity index (χ3n) is 2.80. The number of aliphatic carboxylic acids is 1. The van der Waals surface area contributed by atoms with Gasteiger partial charge >= 0.3 is 0 Å². The van der Waals surface area contributed by atoms with Crippen LogP contribution in [0.3, 0.4) is 0 Å². The largest absolute Gasteiger partial charge is 0.543 e. The zero-order valence-corrected chi connectivity index (χ0v) is 11.7. The van der Waals surface area contributed by atoms with E-state index in [0.717, 1.165) is 5.56 Å². The van der Waals surface area contributed by atoms with Gasteiger partial charge in [0.15, 0.2) is 0 Å². The Morgan fingerprint density at radius 1 is 1.19 bits per heavy atom. The molecule has 0 saturated heterocycles. The highest BCUT2D eigenvalue weighted by atomic mass is 16.4. The third-order valence-corrected chi connectivity index (χ3v) is 2.80. The van der Waals surface area contributed by atoms with Crippen LogP contribution in [0.2, 0.25) is 0 Å². The molecule has 1 aromatic heterocycles. The van der Waals surface area contributed by atoms with Gasteiger partial charge < -0.3 is 19.6 Å². The highest BCUT2D eigenvalue weighted by Gasteiger charge is 2.09. The standard InChI is InChI=1S/C16H15NO4/c1-10-4-3-5-12(8-10)15(18)17-14(16(19)20)9-13-7-6-11(2)21-13/h3-9H,1-2H3,(H,17,18)(H,19,20)/p-1/b14-9-. The van der Waals surface area contributed by atoms with Crippen molar-refractivity contribution in [1.82, 2.24) is 5.32 Å². The number of carboxylic acids is 1. The van der Waals surface area contributed by atoms with Gasteiger partial charge in [0.05, 0.1) is 11.7 Å². The van der Waals surface area contributed by atoms with E-state index in [2.05, 4.69) is 5.32 Å². The molecule has 0 aliphatic heterocycles. The predicted molar refractivity (Wildman–Crippen MR) is 75.1 cm³/mol. The van der Waals surface area contributed by atoms with Gasteiger partial charge in [-0.2, -0.15) is 0 Å². The average molecular weight is 284 g/mol. The van der Waals surface area contributed by atoms with Crippen LogP contribution in [0, 0.1) is 13.8 Å². The van der Waals surface area contributed by atoms with Crippen molar-refractivity contribution in [2.24, 2.45) is 0 Å². The van der Waals surface area contributed by atoms with Crippen LogP contribution in [-0.4, -0.2) is 11.9 Å². The summed E-state index contributed by atoms with van der Waals surface area (Å²) in [6.45, 7) is 3.58. The first-order valence-electron chi connectivity index (χ1n) is 6.33. The normalized spacial score (nSPS) is 11.2. The number of carboxylic acid groups (broad SMARTS) is 1. The van der Waals surface area contributed by atoms with Gasteiger partial charge in [0, 0.05) is 11.6 Å². The molecule has 0 atom stereocenters. The number of hydrogen-bond donors (Lipinski definition) is 1. The Balaban J connectivity index is 2.22. The molecule has 21 heavy (non-hydrogen) atoms. The van der Waals surface area contributed by atoms with E-state index >= 15 is 0 Å². The van der Waals surface area contributed by atoms with Crippen LogP contribution in [0.4, 0.5) is 0 Å². The minimum atomic E-state index is -1.48. The molecule has 5 nitrogen and oxygen atoms in total. The molecule has 0 spiro atoms. The molecule has 0 fully saturated rings. The number of aryl methyl sites for hydroxylation is 2. The summed E-state index contributed by atoms with van der Waals surface area (Å²) >= 11 is 0. The summed E-state index contributed by atoms with van der Waals surface area (Å²) in [5.74, 6) is -1.03. The lowest BCUT2D eigenvalue weighted by molar-refractivity contribution is -0.299. The van der Waals surface area contributed by atoms with E-state index in [0.29, 0.717) is 17.1 Å². The second-order valence-electron chi connectivity index (χ2n) is 4.62. The molecule has 0 unspecified atom stereocenters. The summed E-state index contributed by atoms with van der Waals surface area (Å²) in [6.07, 6.45) is 1.22. The van der Waals surface area contributed by atoms with E-state index in [1.165, 1.54) is 6.08 Å². The minimum Gasteiger partial charge on any atom is -0.543 e. The Labute approximate surface area is 121 Å². The van der Waals surface area contributed by atoms with Crippen molar-refractivity contribution < 1.29 is 19.1 Å². The first kappa shape index (κ1) is 14.6. The van der Waals surface area contributed by atoms with Gasteiger partial charge in [-0.3, -0.25) is 4.79 Å². The number of carbonyl (C=O) groups is 2. The van der Waals surface area contributed by atoms with Crippen LogP contribution in [0.1, 0.15) is 27.4 Å². The molecule has 0 saturated carbocycles. The molecule has 2 aromatic rings. The van der Waals surface area contributed by atoms with Gasteiger partial charge in [0.2, 0.25) is 0 Å². The Morgan fingerprint density at radius 2 is 1.95 bits per heavy atom. The second kappa shape index (κ2) is 6.09. The number of carbonyl (C=O) groups excluding carboxylic acids is 2. The average Bonchev–Trinajstić information content (AvgIpc) is 2.83. The molecule has 108 valence electrons. The predicted octanol–water partition coefficient (Wildman–Crippen LogP) is 1.42. The molecular formula is C16H14NO4-. The Morgan fingerprint density at radius 3 is 2.52 bits per heavy atom. The van der Waals surface area contributed by atoms with Gasteiger partial charge in [0.1, 0.15) is 11.5 Å². The lowest BCUT2D eigenvalue weighted by atomic mass is 10.1. The van der Waals surface area contributed by atoms with E-state index in [4.69, 9.17) is 4.42 Å². The summed E-state index contributed by atoms with van der Waals surface area (Å²) in [5.41, 5.74) is 0.928. The zero-order valence-electron chi connectivity index (χ0n) is 11.7. The first-order chi connectivity index (χ1) is 9.95. The van der Waals surface area contributed by atoms with Crippen molar-refractivity contribution in [2.45, 2.75) is 13.8 Å². The van der Waals surface area contributed by atoms with Crippen LogP contribution < -0.4 is 10.4 Å². The maximum atomic E-state index is 12.0. The molecule has 1 amide bonds. The van der Waals surface area contributed by atoms with E-state index < -0.39 is 11.9 Å². The molecule has 0 aliphatic carbocycles. The number of rotatable bonds is 4. The van der Waals surface area contributed by atoms with Crippen molar-refractivity contribution in [2.75, 3.05) is 0 Å². The molecule has 2 rings (SSSR count). The lowest BCUT2D eigenvalue weighted by Crippen LogP contribution is -2.35. The molecule has 0 bridgehead atoms. The smallest absolute Gasteiger partial charge is 0.255 e. The first-order valence-corrected chi connectivity index (χ1v) is 6.33. The van der Waals surface area contributed by atoms with Gasteiger partial charge in [-0.15, -0.1) is 0 Å². The summed E-state index contributed by atoms with van der Waals surface area (Å²) < 4.78 is 5.25. The highest BCUT2D eigenvalue weighted by Crippen LogP contribution is 2.11. The van der Waals surface area contributed by atoms with Crippen LogP contribution in [-0.2, 0) is 4.79 Å². The summed E-state index contributed by atoms with van der Waals surface area (Å²) in [4.78, 5) is 23.1. The molecule has 1 heterocycles. The fourth-order valence-corrected chi connectivity index (χ4v) is 1.80. The molecule has 1 N–H and O–H groups in total. The van der Waals surface area contributed by atoms with Crippen molar-refractivity contribution in [3.63, 3.8) is 0 Å². The van der Waals surface area contributed by atoms with E-state index in [9.17, 15) is 14.7 Å². The second-order valence-corrected chi connectivity index (χ2v) is 4.62. The quantitative estimate of drug-likeness (QED) is 0.861. The van der Waals surface area contributed by atoms with E-state index in [1.54, 1.807) is 37.3 Å². The summed E-state index contributed by atoms with van der Waals surface area (Å²) in [5, 5.41) is 13.4. The van der Waals surface area contributed by atoms with Gasteiger partial charge in [-0.1, -0.05) is 17.7 Å². The van der Waals surface area contributed by atoms with Crippen LogP contribution in [0.5, 0.6) is 0 Å².